The zero-order chi connectivity index (χ0) is 12.8. The van der Waals surface area contributed by atoms with Gasteiger partial charge in [-0.05, 0) is 37.6 Å². The van der Waals surface area contributed by atoms with Gasteiger partial charge in [0.25, 0.3) is 0 Å². The number of thioether (sulfide) groups is 1. The van der Waals surface area contributed by atoms with Gasteiger partial charge in [0.2, 0.25) is 0 Å². The summed E-state index contributed by atoms with van der Waals surface area (Å²) in [5, 5.41) is 3.50. The quantitative estimate of drug-likeness (QED) is 0.626. The van der Waals surface area contributed by atoms with Gasteiger partial charge in [-0.25, -0.2) is 0 Å². The number of aryl methyl sites for hydroxylation is 2. The van der Waals surface area contributed by atoms with E-state index in [0.717, 1.165) is 18.8 Å². The minimum absolute atomic E-state index is 0.995. The molecule has 0 bridgehead atoms. The lowest BCUT2D eigenvalue weighted by atomic mass is 10.3. The molecule has 2 rings (SSSR count). The van der Waals surface area contributed by atoms with E-state index in [0.29, 0.717) is 0 Å². The fourth-order valence-corrected chi connectivity index (χ4v) is 3.56. The summed E-state index contributed by atoms with van der Waals surface area (Å²) in [7, 11) is 0. The Kier molecular flexibility index (Phi) is 5.29. The van der Waals surface area contributed by atoms with E-state index in [1.165, 1.54) is 20.2 Å². The standard InChI is InChI=1S/C15H19NS2/c1-12-10-15(18-13(12)2)11-16-8-9-17-14-6-4-3-5-7-14/h3-7,10,16H,8-9,11H2,1-2H3. The first-order chi connectivity index (χ1) is 8.75. The third kappa shape index (κ3) is 4.16. The van der Waals surface area contributed by atoms with Crippen LogP contribution in [0.3, 0.4) is 0 Å². The molecule has 0 aliphatic heterocycles. The highest BCUT2D eigenvalue weighted by atomic mass is 32.2. The van der Waals surface area contributed by atoms with Gasteiger partial charge in [0.1, 0.15) is 0 Å². The van der Waals surface area contributed by atoms with Gasteiger partial charge in [0.05, 0.1) is 0 Å². The molecule has 18 heavy (non-hydrogen) atoms. The van der Waals surface area contributed by atoms with Crippen molar-refractivity contribution in [2.24, 2.45) is 0 Å². The maximum absolute atomic E-state index is 3.50. The van der Waals surface area contributed by atoms with E-state index in [9.17, 15) is 0 Å². The largest absolute Gasteiger partial charge is 0.311 e. The van der Waals surface area contributed by atoms with Crippen molar-refractivity contribution in [3.05, 3.63) is 51.7 Å². The van der Waals surface area contributed by atoms with E-state index in [1.807, 2.05) is 23.1 Å². The van der Waals surface area contributed by atoms with E-state index in [2.05, 4.69) is 55.6 Å². The summed E-state index contributed by atoms with van der Waals surface area (Å²) >= 11 is 3.80. The van der Waals surface area contributed by atoms with Crippen LogP contribution >= 0.6 is 23.1 Å². The summed E-state index contributed by atoms with van der Waals surface area (Å²) in [5.74, 6) is 1.12. The minimum Gasteiger partial charge on any atom is -0.311 e. The summed E-state index contributed by atoms with van der Waals surface area (Å²) < 4.78 is 0. The molecule has 1 nitrogen and oxygen atoms in total. The molecule has 0 saturated carbocycles. The molecule has 1 heterocycles. The van der Waals surface area contributed by atoms with Gasteiger partial charge in [-0.15, -0.1) is 23.1 Å². The fraction of sp³-hybridized carbons (Fsp3) is 0.333. The summed E-state index contributed by atoms with van der Waals surface area (Å²) in [6.45, 7) is 6.42. The fourth-order valence-electron chi connectivity index (χ4n) is 1.71. The molecule has 2 aromatic rings. The first-order valence-corrected chi connectivity index (χ1v) is 8.00. The Bertz CT molecular complexity index is 457. The van der Waals surface area contributed by atoms with Crippen molar-refractivity contribution in [1.82, 2.24) is 5.32 Å². The Hall–Kier alpha value is -0.770. The van der Waals surface area contributed by atoms with Crippen LogP contribution in [0.1, 0.15) is 15.3 Å². The van der Waals surface area contributed by atoms with Crippen molar-refractivity contribution in [2.45, 2.75) is 25.3 Å². The maximum atomic E-state index is 3.50. The van der Waals surface area contributed by atoms with Crippen LogP contribution in [-0.2, 0) is 6.54 Å². The lowest BCUT2D eigenvalue weighted by molar-refractivity contribution is 0.741. The average molecular weight is 277 g/mol. The van der Waals surface area contributed by atoms with E-state index in [4.69, 9.17) is 0 Å². The van der Waals surface area contributed by atoms with Crippen LogP contribution in [0, 0.1) is 13.8 Å². The number of thiophene rings is 1. The minimum atomic E-state index is 0.995. The number of benzene rings is 1. The molecule has 0 saturated heterocycles. The topological polar surface area (TPSA) is 12.0 Å². The maximum Gasteiger partial charge on any atom is 0.0300 e. The van der Waals surface area contributed by atoms with Gasteiger partial charge in [-0.1, -0.05) is 18.2 Å². The van der Waals surface area contributed by atoms with E-state index >= 15 is 0 Å². The van der Waals surface area contributed by atoms with E-state index in [1.54, 1.807) is 0 Å². The third-order valence-electron chi connectivity index (χ3n) is 2.81. The molecule has 1 aromatic heterocycles. The van der Waals surface area contributed by atoms with Crippen LogP contribution < -0.4 is 5.32 Å². The van der Waals surface area contributed by atoms with Gasteiger partial charge in [0.15, 0.2) is 0 Å². The molecule has 0 amide bonds. The Morgan fingerprint density at radius 2 is 1.94 bits per heavy atom. The predicted octanol–water partition coefficient (Wildman–Crippen LogP) is 4.25. The second kappa shape index (κ2) is 6.98. The van der Waals surface area contributed by atoms with Crippen molar-refractivity contribution < 1.29 is 0 Å². The first kappa shape index (κ1) is 13.7. The summed E-state index contributed by atoms with van der Waals surface area (Å²) in [4.78, 5) is 4.22. The van der Waals surface area contributed by atoms with Crippen molar-refractivity contribution in [2.75, 3.05) is 12.3 Å². The highest BCUT2D eigenvalue weighted by molar-refractivity contribution is 7.99. The Morgan fingerprint density at radius 3 is 2.61 bits per heavy atom. The second-order valence-electron chi connectivity index (χ2n) is 4.29. The lowest BCUT2D eigenvalue weighted by Gasteiger charge is -2.03. The lowest BCUT2D eigenvalue weighted by Crippen LogP contribution is -2.15. The molecule has 0 radical (unpaired) electrons. The molecule has 1 aromatic carbocycles. The van der Waals surface area contributed by atoms with Crippen LogP contribution in [0.25, 0.3) is 0 Å². The number of hydrogen-bond acceptors (Lipinski definition) is 3. The monoisotopic (exact) mass is 277 g/mol. The van der Waals surface area contributed by atoms with Crippen molar-refractivity contribution in [3.63, 3.8) is 0 Å². The molecule has 0 aliphatic carbocycles. The zero-order valence-corrected chi connectivity index (χ0v) is 12.5. The molecule has 0 unspecified atom stereocenters. The first-order valence-electron chi connectivity index (χ1n) is 6.20. The average Bonchev–Trinajstić information content (AvgIpc) is 2.70. The molecule has 1 N–H and O–H groups in total. The molecule has 0 fully saturated rings. The molecule has 0 atom stereocenters. The second-order valence-corrected chi connectivity index (χ2v) is 6.80. The SMILES string of the molecule is Cc1cc(CNCCSc2ccccc2)sc1C. The van der Waals surface area contributed by atoms with Gasteiger partial charge in [-0.2, -0.15) is 0 Å². The number of rotatable bonds is 6. The Balaban J connectivity index is 1.64. The smallest absolute Gasteiger partial charge is 0.0300 e. The molecular weight excluding hydrogens is 258 g/mol. The normalized spacial score (nSPS) is 10.8. The summed E-state index contributed by atoms with van der Waals surface area (Å²) in [5.41, 5.74) is 1.41. The number of nitrogens with one attached hydrogen (secondary N) is 1. The van der Waals surface area contributed by atoms with Crippen LogP contribution in [0.5, 0.6) is 0 Å². The van der Waals surface area contributed by atoms with Crippen LogP contribution in [0.15, 0.2) is 41.3 Å². The molecule has 0 spiro atoms. The van der Waals surface area contributed by atoms with Crippen molar-refractivity contribution in [3.8, 4) is 0 Å². The van der Waals surface area contributed by atoms with Crippen LogP contribution in [0.2, 0.25) is 0 Å². The highest BCUT2D eigenvalue weighted by Gasteiger charge is 2.00. The Labute approximate surface area is 118 Å². The molecule has 3 heteroatoms. The highest BCUT2D eigenvalue weighted by Crippen LogP contribution is 2.20. The number of hydrogen-bond donors (Lipinski definition) is 1. The van der Waals surface area contributed by atoms with Crippen LogP contribution in [-0.4, -0.2) is 12.3 Å². The van der Waals surface area contributed by atoms with Crippen molar-refractivity contribution >= 4 is 23.1 Å². The van der Waals surface area contributed by atoms with Crippen LogP contribution in [0.4, 0.5) is 0 Å². The molecule has 96 valence electrons. The van der Waals surface area contributed by atoms with Gasteiger partial charge < -0.3 is 5.32 Å². The summed E-state index contributed by atoms with van der Waals surface area (Å²) in [6, 6.07) is 12.9. The Morgan fingerprint density at radius 1 is 1.17 bits per heavy atom. The summed E-state index contributed by atoms with van der Waals surface area (Å²) in [6.07, 6.45) is 0. The van der Waals surface area contributed by atoms with Crippen molar-refractivity contribution in [1.29, 1.82) is 0 Å². The van der Waals surface area contributed by atoms with Gasteiger partial charge in [0, 0.05) is 33.5 Å². The third-order valence-corrected chi connectivity index (χ3v) is 4.97. The predicted molar refractivity (Wildman–Crippen MR) is 82.7 cm³/mol. The van der Waals surface area contributed by atoms with E-state index in [-0.39, 0.29) is 0 Å². The molecule has 0 aliphatic rings. The molecular formula is C15H19NS2. The van der Waals surface area contributed by atoms with Gasteiger partial charge in [-0.3, -0.25) is 0 Å². The zero-order valence-electron chi connectivity index (χ0n) is 10.9. The van der Waals surface area contributed by atoms with E-state index < -0.39 is 0 Å². The van der Waals surface area contributed by atoms with Gasteiger partial charge >= 0.3 is 0 Å².